The summed E-state index contributed by atoms with van der Waals surface area (Å²) in [6, 6.07) is 7.20. The number of amides is 3. The van der Waals surface area contributed by atoms with E-state index in [0.717, 1.165) is 20.7 Å². The van der Waals surface area contributed by atoms with Gasteiger partial charge in [-0.05, 0) is 30.7 Å². The van der Waals surface area contributed by atoms with Crippen LogP contribution in [0.2, 0.25) is 0 Å². The van der Waals surface area contributed by atoms with Crippen molar-refractivity contribution in [3.8, 4) is 10.4 Å². The number of aromatic nitrogens is 2. The van der Waals surface area contributed by atoms with Crippen molar-refractivity contribution >= 4 is 45.3 Å². The van der Waals surface area contributed by atoms with Gasteiger partial charge in [0.1, 0.15) is 17.2 Å². The topological polar surface area (TPSA) is 98.0 Å². The minimum Gasteiger partial charge on any atom is -0.351 e. The van der Waals surface area contributed by atoms with Gasteiger partial charge in [-0.3, -0.25) is 10.1 Å². The number of carbonyl (C=O) groups excluding carboxylic acids is 2. The molecule has 25 heavy (non-hydrogen) atoms. The first-order chi connectivity index (χ1) is 11.9. The molecular weight excluding hydrogens is 363 g/mol. The second-order valence-electron chi connectivity index (χ2n) is 5.12. The molecule has 128 valence electrons. The Morgan fingerprint density at radius 3 is 2.68 bits per heavy atom. The second-order valence-corrected chi connectivity index (χ2v) is 7.51. The number of nitrogens with two attached hydrogens (primary N) is 1. The van der Waals surface area contributed by atoms with E-state index >= 15 is 0 Å². The molecule has 1 aromatic carbocycles. The van der Waals surface area contributed by atoms with Crippen LogP contribution in [0.4, 0.5) is 9.18 Å². The Kier molecular flexibility index (Phi) is 4.95. The number of nitrogens with one attached hydrogen (secondary N) is 1. The van der Waals surface area contributed by atoms with Crippen LogP contribution in [0, 0.1) is 5.82 Å². The number of rotatable bonds is 4. The average molecular weight is 376 g/mol. The Balaban J connectivity index is 1.90. The molecule has 0 radical (unpaired) electrons. The second kappa shape index (κ2) is 7.16. The molecule has 1 atom stereocenters. The fourth-order valence-corrected chi connectivity index (χ4v) is 4.21. The van der Waals surface area contributed by atoms with Crippen LogP contribution in [-0.4, -0.2) is 27.2 Å². The standard InChI is InChI=1S/C16H13FN4O2S2/c1-8(14(22)21-16(18)23)24-15-13-11(19-7-20-15)6-12(25-13)9-2-4-10(17)5-3-9/h2-8H,1H3,(H3,18,21,22,23). The van der Waals surface area contributed by atoms with Gasteiger partial charge in [-0.1, -0.05) is 23.9 Å². The first kappa shape index (κ1) is 17.3. The molecule has 2 aromatic heterocycles. The summed E-state index contributed by atoms with van der Waals surface area (Å²) < 4.78 is 13.9. The summed E-state index contributed by atoms with van der Waals surface area (Å²) in [6.07, 6.45) is 1.42. The highest BCUT2D eigenvalue weighted by atomic mass is 32.2. The third-order valence-electron chi connectivity index (χ3n) is 3.31. The van der Waals surface area contributed by atoms with Gasteiger partial charge in [0.15, 0.2) is 0 Å². The number of urea groups is 1. The number of halogens is 1. The first-order valence-electron chi connectivity index (χ1n) is 7.21. The van der Waals surface area contributed by atoms with Gasteiger partial charge in [0.25, 0.3) is 0 Å². The minimum absolute atomic E-state index is 0.296. The number of carbonyl (C=O) groups is 2. The number of nitrogens with zero attached hydrogens (tertiary/aromatic N) is 2. The SMILES string of the molecule is CC(Sc1ncnc2cc(-c3ccc(F)cc3)sc12)C(=O)NC(N)=O. The van der Waals surface area contributed by atoms with Crippen LogP contribution in [0.5, 0.6) is 0 Å². The maximum atomic E-state index is 13.1. The van der Waals surface area contributed by atoms with Crippen molar-refractivity contribution in [2.75, 3.05) is 0 Å². The van der Waals surface area contributed by atoms with E-state index in [2.05, 4.69) is 15.3 Å². The lowest BCUT2D eigenvalue weighted by Crippen LogP contribution is -2.39. The summed E-state index contributed by atoms with van der Waals surface area (Å²) >= 11 is 2.67. The Labute approximate surface area is 150 Å². The molecule has 9 heteroatoms. The van der Waals surface area contributed by atoms with Crippen LogP contribution in [0.15, 0.2) is 41.7 Å². The molecule has 3 amide bonds. The summed E-state index contributed by atoms with van der Waals surface area (Å²) in [5.41, 5.74) is 6.58. The smallest absolute Gasteiger partial charge is 0.318 e. The van der Waals surface area contributed by atoms with Crippen molar-refractivity contribution in [3.05, 3.63) is 42.5 Å². The molecule has 3 aromatic rings. The van der Waals surface area contributed by atoms with Crippen LogP contribution in [0.1, 0.15) is 6.92 Å². The maximum absolute atomic E-state index is 13.1. The molecule has 3 N–H and O–H groups in total. The Morgan fingerprint density at radius 1 is 1.28 bits per heavy atom. The number of hydrogen-bond acceptors (Lipinski definition) is 6. The largest absolute Gasteiger partial charge is 0.351 e. The molecule has 0 aliphatic heterocycles. The van der Waals surface area contributed by atoms with Gasteiger partial charge in [0.2, 0.25) is 5.91 Å². The molecule has 0 aliphatic carbocycles. The zero-order chi connectivity index (χ0) is 18.0. The fraction of sp³-hybridized carbons (Fsp3) is 0.125. The number of thioether (sulfide) groups is 1. The Hall–Kier alpha value is -2.52. The average Bonchev–Trinajstić information content (AvgIpc) is 3.00. The van der Waals surface area contributed by atoms with Crippen molar-refractivity contribution in [1.82, 2.24) is 15.3 Å². The zero-order valence-corrected chi connectivity index (χ0v) is 14.7. The molecule has 2 heterocycles. The summed E-state index contributed by atoms with van der Waals surface area (Å²) in [5.74, 6) is -0.783. The third-order valence-corrected chi connectivity index (χ3v) is 5.72. The molecule has 0 fully saturated rings. The minimum atomic E-state index is -0.889. The van der Waals surface area contributed by atoms with Gasteiger partial charge in [0.05, 0.1) is 15.5 Å². The molecule has 0 saturated heterocycles. The van der Waals surface area contributed by atoms with E-state index in [9.17, 15) is 14.0 Å². The molecule has 0 saturated carbocycles. The summed E-state index contributed by atoms with van der Waals surface area (Å²) in [7, 11) is 0. The van der Waals surface area contributed by atoms with E-state index in [4.69, 9.17) is 5.73 Å². The molecule has 0 spiro atoms. The Bertz CT molecular complexity index is 943. The molecule has 3 rings (SSSR count). The predicted molar refractivity (Wildman–Crippen MR) is 95.9 cm³/mol. The quantitative estimate of drug-likeness (QED) is 0.538. The fourth-order valence-electron chi connectivity index (χ4n) is 2.12. The normalized spacial score (nSPS) is 12.1. The number of benzene rings is 1. The van der Waals surface area contributed by atoms with E-state index in [1.165, 1.54) is 41.6 Å². The van der Waals surface area contributed by atoms with E-state index in [1.807, 2.05) is 6.07 Å². The van der Waals surface area contributed by atoms with E-state index in [0.29, 0.717) is 5.03 Å². The lowest BCUT2D eigenvalue weighted by atomic mass is 10.2. The number of thiophene rings is 1. The van der Waals surface area contributed by atoms with Crippen molar-refractivity contribution in [1.29, 1.82) is 0 Å². The van der Waals surface area contributed by atoms with Crippen LogP contribution in [0.3, 0.4) is 0 Å². The van der Waals surface area contributed by atoms with Gasteiger partial charge in [-0.25, -0.2) is 19.2 Å². The van der Waals surface area contributed by atoms with Gasteiger partial charge in [-0.2, -0.15) is 0 Å². The Morgan fingerprint density at radius 2 is 2.00 bits per heavy atom. The highest BCUT2D eigenvalue weighted by Gasteiger charge is 2.19. The van der Waals surface area contributed by atoms with Gasteiger partial charge < -0.3 is 5.73 Å². The van der Waals surface area contributed by atoms with Crippen LogP contribution < -0.4 is 11.1 Å². The van der Waals surface area contributed by atoms with Crippen molar-refractivity contribution in [2.24, 2.45) is 5.73 Å². The van der Waals surface area contributed by atoms with E-state index in [-0.39, 0.29) is 5.82 Å². The first-order valence-corrected chi connectivity index (χ1v) is 8.91. The third kappa shape index (κ3) is 3.94. The van der Waals surface area contributed by atoms with Crippen LogP contribution in [-0.2, 0) is 4.79 Å². The maximum Gasteiger partial charge on any atom is 0.318 e. The lowest BCUT2D eigenvalue weighted by molar-refractivity contribution is -0.119. The number of hydrogen-bond donors (Lipinski definition) is 2. The van der Waals surface area contributed by atoms with Gasteiger partial charge in [-0.15, -0.1) is 11.3 Å². The number of fused-ring (bicyclic) bond motifs is 1. The highest BCUT2D eigenvalue weighted by molar-refractivity contribution is 8.00. The van der Waals surface area contributed by atoms with Crippen LogP contribution >= 0.6 is 23.1 Å². The van der Waals surface area contributed by atoms with E-state index in [1.54, 1.807) is 19.1 Å². The monoisotopic (exact) mass is 376 g/mol. The summed E-state index contributed by atoms with van der Waals surface area (Å²) in [4.78, 5) is 32.0. The molecule has 0 bridgehead atoms. The molecule has 0 aliphatic rings. The van der Waals surface area contributed by atoms with E-state index < -0.39 is 17.2 Å². The highest BCUT2D eigenvalue weighted by Crippen LogP contribution is 2.37. The lowest BCUT2D eigenvalue weighted by Gasteiger charge is -2.09. The van der Waals surface area contributed by atoms with Crippen LogP contribution in [0.25, 0.3) is 20.7 Å². The summed E-state index contributed by atoms with van der Waals surface area (Å²) in [6.45, 7) is 1.66. The number of imide groups is 1. The molecule has 6 nitrogen and oxygen atoms in total. The zero-order valence-electron chi connectivity index (χ0n) is 13.0. The molecule has 1 unspecified atom stereocenters. The van der Waals surface area contributed by atoms with Crippen molar-refractivity contribution in [3.63, 3.8) is 0 Å². The predicted octanol–water partition coefficient (Wildman–Crippen LogP) is 3.17. The summed E-state index contributed by atoms with van der Waals surface area (Å²) in [5, 5.41) is 2.13. The van der Waals surface area contributed by atoms with Gasteiger partial charge >= 0.3 is 6.03 Å². The molecular formula is C16H13FN4O2S2. The van der Waals surface area contributed by atoms with Crippen molar-refractivity contribution < 1.29 is 14.0 Å². The van der Waals surface area contributed by atoms with Gasteiger partial charge in [0, 0.05) is 4.88 Å². The van der Waals surface area contributed by atoms with Crippen molar-refractivity contribution in [2.45, 2.75) is 17.2 Å². The number of primary amides is 1.